The molecule has 6 heteroatoms. The molecule has 12 heavy (non-hydrogen) atoms. The van der Waals surface area contributed by atoms with Gasteiger partial charge in [0.25, 0.3) is 0 Å². The molecule has 0 radical (unpaired) electrons. The zero-order chi connectivity index (χ0) is 9.78. The van der Waals surface area contributed by atoms with Gasteiger partial charge >= 0.3 is 13.6 Å². The van der Waals surface area contributed by atoms with Crippen LogP contribution in [0.2, 0.25) is 0 Å². The van der Waals surface area contributed by atoms with Crippen LogP contribution in [-0.4, -0.2) is 22.4 Å². The van der Waals surface area contributed by atoms with Crippen molar-refractivity contribution in [3.8, 4) is 0 Å². The molecule has 0 aromatic heterocycles. The third-order valence-corrected chi connectivity index (χ3v) is 1.91. The quantitative estimate of drug-likeness (QED) is 0.389. The standard InChI is InChI=1S/C6H11O5P/c1-3-4-11-6(7)5(2)12(8,9)10/h2-4H2,1H3,(H2,8,9,10). The molecule has 0 saturated carbocycles. The van der Waals surface area contributed by atoms with E-state index in [0.29, 0.717) is 6.42 Å². The summed E-state index contributed by atoms with van der Waals surface area (Å²) < 4.78 is 14.9. The van der Waals surface area contributed by atoms with E-state index in [1.807, 2.05) is 0 Å². The lowest BCUT2D eigenvalue weighted by Gasteiger charge is -2.06. The maximum absolute atomic E-state index is 10.7. The van der Waals surface area contributed by atoms with E-state index in [1.54, 1.807) is 6.92 Å². The third kappa shape index (κ3) is 3.67. The molecule has 0 aliphatic rings. The minimum absolute atomic E-state index is 0.137. The summed E-state index contributed by atoms with van der Waals surface area (Å²) in [4.78, 5) is 27.7. The van der Waals surface area contributed by atoms with Crippen LogP contribution in [0.25, 0.3) is 0 Å². The summed E-state index contributed by atoms with van der Waals surface area (Å²) in [7, 11) is -4.52. The van der Waals surface area contributed by atoms with Crippen LogP contribution in [0.1, 0.15) is 13.3 Å². The van der Waals surface area contributed by atoms with Crippen LogP contribution in [0.4, 0.5) is 0 Å². The molecule has 0 heterocycles. The van der Waals surface area contributed by atoms with Crippen LogP contribution in [0.5, 0.6) is 0 Å². The second-order valence-electron chi connectivity index (χ2n) is 2.13. The maximum Gasteiger partial charge on any atom is 0.362 e. The molecule has 0 atom stereocenters. The van der Waals surface area contributed by atoms with Crippen molar-refractivity contribution < 1.29 is 23.9 Å². The first-order chi connectivity index (χ1) is 5.39. The molecule has 0 unspecified atom stereocenters. The Balaban J connectivity index is 4.13. The first-order valence-corrected chi connectivity index (χ1v) is 4.93. The molecule has 2 N–H and O–H groups in total. The number of hydrogen-bond donors (Lipinski definition) is 2. The monoisotopic (exact) mass is 194 g/mol. The molecular weight excluding hydrogens is 183 g/mol. The van der Waals surface area contributed by atoms with E-state index in [1.165, 1.54) is 0 Å². The van der Waals surface area contributed by atoms with Crippen molar-refractivity contribution in [1.82, 2.24) is 0 Å². The van der Waals surface area contributed by atoms with Crippen LogP contribution < -0.4 is 0 Å². The predicted molar refractivity (Wildman–Crippen MR) is 42.4 cm³/mol. The summed E-state index contributed by atoms with van der Waals surface area (Å²) in [5.74, 6) is -1.04. The number of esters is 1. The summed E-state index contributed by atoms with van der Waals surface area (Å²) in [6.45, 7) is 4.85. The fourth-order valence-corrected chi connectivity index (χ4v) is 0.699. The Bertz CT molecular complexity index is 228. The molecule has 0 aromatic rings. The molecule has 0 aromatic carbocycles. The highest BCUT2D eigenvalue weighted by molar-refractivity contribution is 7.57. The molecule has 0 aliphatic heterocycles. The van der Waals surface area contributed by atoms with Gasteiger partial charge in [0, 0.05) is 0 Å². The molecule has 0 bridgehead atoms. The second kappa shape index (κ2) is 4.40. The predicted octanol–water partition coefficient (Wildman–Crippen LogP) is 0.631. The van der Waals surface area contributed by atoms with Crippen LogP contribution in [0, 0.1) is 0 Å². The van der Waals surface area contributed by atoms with Crippen LogP contribution in [0.15, 0.2) is 11.9 Å². The first-order valence-electron chi connectivity index (χ1n) is 3.31. The largest absolute Gasteiger partial charge is 0.462 e. The minimum Gasteiger partial charge on any atom is -0.462 e. The Morgan fingerprint density at radius 3 is 2.42 bits per heavy atom. The van der Waals surface area contributed by atoms with E-state index in [2.05, 4.69) is 11.3 Å². The van der Waals surface area contributed by atoms with Crippen molar-refractivity contribution >= 4 is 13.6 Å². The number of hydrogen-bond acceptors (Lipinski definition) is 3. The topological polar surface area (TPSA) is 83.8 Å². The summed E-state index contributed by atoms with van der Waals surface area (Å²) in [6, 6.07) is 0. The number of carbonyl (C=O) groups is 1. The zero-order valence-corrected chi connectivity index (χ0v) is 7.58. The highest BCUT2D eigenvalue weighted by Gasteiger charge is 2.26. The van der Waals surface area contributed by atoms with Gasteiger partial charge in [0.2, 0.25) is 0 Å². The van der Waals surface area contributed by atoms with Gasteiger partial charge in [-0.1, -0.05) is 13.5 Å². The fraction of sp³-hybridized carbons (Fsp3) is 0.500. The van der Waals surface area contributed by atoms with Crippen LogP contribution in [-0.2, 0) is 14.1 Å². The van der Waals surface area contributed by atoms with Gasteiger partial charge in [0.15, 0.2) is 0 Å². The van der Waals surface area contributed by atoms with Gasteiger partial charge in [0.05, 0.1) is 6.61 Å². The van der Waals surface area contributed by atoms with E-state index in [0.717, 1.165) is 0 Å². The van der Waals surface area contributed by atoms with Crippen LogP contribution in [0.3, 0.4) is 0 Å². The van der Waals surface area contributed by atoms with Crippen molar-refractivity contribution in [1.29, 1.82) is 0 Å². The van der Waals surface area contributed by atoms with E-state index in [4.69, 9.17) is 9.79 Å². The Morgan fingerprint density at radius 1 is 1.58 bits per heavy atom. The molecule has 0 amide bonds. The average molecular weight is 194 g/mol. The number of carbonyl (C=O) groups excluding carboxylic acids is 1. The van der Waals surface area contributed by atoms with Gasteiger partial charge in [-0.15, -0.1) is 0 Å². The van der Waals surface area contributed by atoms with Gasteiger partial charge in [-0.25, -0.2) is 4.79 Å². The minimum atomic E-state index is -4.52. The number of rotatable bonds is 4. The normalized spacial score (nSPS) is 10.9. The molecule has 0 aliphatic carbocycles. The number of ether oxygens (including phenoxy) is 1. The summed E-state index contributed by atoms with van der Waals surface area (Å²) in [6.07, 6.45) is 0.597. The fourth-order valence-electron chi connectivity index (χ4n) is 0.397. The van der Waals surface area contributed by atoms with Crippen LogP contribution >= 0.6 is 7.60 Å². The SMILES string of the molecule is C=C(C(=O)OCCC)P(=O)(O)O. The summed E-state index contributed by atoms with van der Waals surface area (Å²) in [5.41, 5.74) is 0. The van der Waals surface area contributed by atoms with Crippen molar-refractivity contribution in [3.63, 3.8) is 0 Å². The van der Waals surface area contributed by atoms with Gasteiger partial charge in [-0.2, -0.15) is 0 Å². The summed E-state index contributed by atoms with van der Waals surface area (Å²) in [5, 5.41) is -0.795. The lowest BCUT2D eigenvalue weighted by molar-refractivity contribution is -0.138. The molecule has 70 valence electrons. The van der Waals surface area contributed by atoms with Gasteiger partial charge < -0.3 is 14.5 Å². The molecule has 0 saturated heterocycles. The van der Waals surface area contributed by atoms with Crippen molar-refractivity contribution in [2.75, 3.05) is 6.61 Å². The van der Waals surface area contributed by atoms with E-state index in [9.17, 15) is 9.36 Å². The first kappa shape index (κ1) is 11.4. The van der Waals surface area contributed by atoms with Gasteiger partial charge in [-0.05, 0) is 6.42 Å². The Kier molecular flexibility index (Phi) is 4.17. The average Bonchev–Trinajstić information content (AvgIpc) is 1.97. The van der Waals surface area contributed by atoms with Gasteiger partial charge in [0.1, 0.15) is 5.31 Å². The lowest BCUT2D eigenvalue weighted by atomic mass is 10.5. The lowest BCUT2D eigenvalue weighted by Crippen LogP contribution is -2.07. The smallest absolute Gasteiger partial charge is 0.362 e. The third-order valence-electron chi connectivity index (χ3n) is 1.02. The Morgan fingerprint density at radius 2 is 2.08 bits per heavy atom. The second-order valence-corrected chi connectivity index (χ2v) is 3.75. The zero-order valence-electron chi connectivity index (χ0n) is 6.69. The van der Waals surface area contributed by atoms with Crippen molar-refractivity contribution in [3.05, 3.63) is 11.9 Å². The molecule has 0 spiro atoms. The highest BCUT2D eigenvalue weighted by Crippen LogP contribution is 2.44. The molecular formula is C6H11O5P. The van der Waals surface area contributed by atoms with Crippen molar-refractivity contribution in [2.24, 2.45) is 0 Å². The van der Waals surface area contributed by atoms with E-state index >= 15 is 0 Å². The molecule has 5 nitrogen and oxygen atoms in total. The Hall–Kier alpha value is -0.640. The highest BCUT2D eigenvalue weighted by atomic mass is 31.2. The van der Waals surface area contributed by atoms with E-state index in [-0.39, 0.29) is 6.61 Å². The molecule has 0 fully saturated rings. The van der Waals surface area contributed by atoms with Crippen molar-refractivity contribution in [2.45, 2.75) is 13.3 Å². The van der Waals surface area contributed by atoms with E-state index < -0.39 is 18.9 Å². The summed E-state index contributed by atoms with van der Waals surface area (Å²) >= 11 is 0. The molecule has 0 rings (SSSR count). The van der Waals surface area contributed by atoms with Gasteiger partial charge in [-0.3, -0.25) is 4.57 Å². The maximum atomic E-state index is 10.7. The Labute approximate surface area is 70.2 Å².